The summed E-state index contributed by atoms with van der Waals surface area (Å²) in [6.45, 7) is 4.88. The van der Waals surface area contributed by atoms with Gasteiger partial charge in [-0.1, -0.05) is 50.2 Å². The molecule has 0 saturated carbocycles. The highest BCUT2D eigenvalue weighted by Gasteiger charge is 2.04. The summed E-state index contributed by atoms with van der Waals surface area (Å²) in [7, 11) is 0. The van der Waals surface area contributed by atoms with Gasteiger partial charge in [-0.3, -0.25) is 4.98 Å². The normalized spacial score (nSPS) is 13.0. The lowest BCUT2D eigenvalue weighted by Crippen LogP contribution is -2.22. The Morgan fingerprint density at radius 1 is 1.12 bits per heavy atom. The molecule has 0 aliphatic rings. The Balaban J connectivity index is 1.69. The third-order valence-corrected chi connectivity index (χ3v) is 4.52. The molecular formula is C21H24N4. The summed E-state index contributed by atoms with van der Waals surface area (Å²) >= 11 is 0. The zero-order chi connectivity index (χ0) is 17.6. The third-order valence-electron chi connectivity index (χ3n) is 4.52. The maximum Gasteiger partial charge on any atom is 0.193 e. The second-order valence-corrected chi connectivity index (χ2v) is 6.24. The van der Waals surface area contributed by atoms with E-state index in [1.54, 1.807) is 0 Å². The van der Waals surface area contributed by atoms with E-state index in [4.69, 9.17) is 5.73 Å². The quantitative estimate of drug-likeness (QED) is 0.527. The van der Waals surface area contributed by atoms with Gasteiger partial charge in [0.05, 0.1) is 12.2 Å². The number of hydrogen-bond acceptors (Lipinski definition) is 2. The second-order valence-electron chi connectivity index (χ2n) is 6.24. The number of aromatic nitrogens is 1. The minimum absolute atomic E-state index is 0.394. The predicted molar refractivity (Wildman–Crippen MR) is 106 cm³/mol. The minimum atomic E-state index is 0.394. The number of guanidine groups is 1. The fourth-order valence-corrected chi connectivity index (χ4v) is 2.79. The van der Waals surface area contributed by atoms with Gasteiger partial charge in [-0.2, -0.15) is 0 Å². The number of benzene rings is 2. The lowest BCUT2D eigenvalue weighted by atomic mass is 9.99. The Labute approximate surface area is 148 Å². The van der Waals surface area contributed by atoms with Crippen molar-refractivity contribution in [1.82, 2.24) is 4.98 Å². The van der Waals surface area contributed by atoms with Gasteiger partial charge in [0.25, 0.3) is 0 Å². The molecule has 3 N–H and O–H groups in total. The largest absolute Gasteiger partial charge is 0.370 e. The monoisotopic (exact) mass is 332 g/mol. The molecule has 0 bridgehead atoms. The molecule has 0 radical (unpaired) electrons. The van der Waals surface area contributed by atoms with Crippen molar-refractivity contribution in [1.29, 1.82) is 0 Å². The summed E-state index contributed by atoms with van der Waals surface area (Å²) in [5.74, 6) is 0.962. The molecule has 3 rings (SSSR count). The second kappa shape index (κ2) is 7.79. The lowest BCUT2D eigenvalue weighted by molar-refractivity contribution is 0.734. The van der Waals surface area contributed by atoms with Crippen LogP contribution in [0.3, 0.4) is 0 Å². The zero-order valence-electron chi connectivity index (χ0n) is 14.7. The average Bonchev–Trinajstić information content (AvgIpc) is 2.66. The number of anilines is 1. The van der Waals surface area contributed by atoms with E-state index in [0.717, 1.165) is 28.6 Å². The van der Waals surface area contributed by atoms with Crippen LogP contribution < -0.4 is 11.1 Å². The molecule has 3 aromatic rings. The fourth-order valence-electron chi connectivity index (χ4n) is 2.79. The standard InChI is InChI=1S/C21H24N4/c1-3-15(2)16-8-10-18(11-9-16)25-21(22)24-14-20-19-7-5-4-6-17(19)12-13-23-20/h4-13,15H,3,14H2,1-2H3,(H3,22,24,25). The highest BCUT2D eigenvalue weighted by molar-refractivity contribution is 5.92. The van der Waals surface area contributed by atoms with Crippen molar-refractivity contribution in [3.05, 3.63) is 72.1 Å². The van der Waals surface area contributed by atoms with Crippen molar-refractivity contribution in [2.75, 3.05) is 5.32 Å². The van der Waals surface area contributed by atoms with Crippen molar-refractivity contribution in [2.24, 2.45) is 10.7 Å². The number of nitrogens with one attached hydrogen (secondary N) is 1. The molecule has 25 heavy (non-hydrogen) atoms. The molecule has 0 spiro atoms. The van der Waals surface area contributed by atoms with Gasteiger partial charge < -0.3 is 11.1 Å². The number of nitrogens with two attached hydrogens (primary N) is 1. The van der Waals surface area contributed by atoms with Crippen molar-refractivity contribution >= 4 is 22.4 Å². The highest BCUT2D eigenvalue weighted by Crippen LogP contribution is 2.20. The Morgan fingerprint density at radius 3 is 2.64 bits per heavy atom. The Kier molecular flexibility index (Phi) is 5.29. The minimum Gasteiger partial charge on any atom is -0.370 e. The summed E-state index contributed by atoms with van der Waals surface area (Å²) in [5.41, 5.74) is 9.24. The van der Waals surface area contributed by atoms with Gasteiger partial charge in [-0.25, -0.2) is 4.99 Å². The summed E-state index contributed by atoms with van der Waals surface area (Å²) < 4.78 is 0. The van der Waals surface area contributed by atoms with Crippen LogP contribution in [0.5, 0.6) is 0 Å². The highest BCUT2D eigenvalue weighted by atomic mass is 15.1. The number of pyridine rings is 1. The van der Waals surface area contributed by atoms with Crippen molar-refractivity contribution < 1.29 is 0 Å². The van der Waals surface area contributed by atoms with E-state index in [9.17, 15) is 0 Å². The number of aliphatic imine (C=N–C) groups is 1. The van der Waals surface area contributed by atoms with Gasteiger partial charge >= 0.3 is 0 Å². The lowest BCUT2D eigenvalue weighted by Gasteiger charge is -2.11. The van der Waals surface area contributed by atoms with E-state index < -0.39 is 0 Å². The van der Waals surface area contributed by atoms with Crippen LogP contribution in [0.25, 0.3) is 10.8 Å². The fraction of sp³-hybridized carbons (Fsp3) is 0.238. The first-order valence-electron chi connectivity index (χ1n) is 8.67. The van der Waals surface area contributed by atoms with E-state index in [0.29, 0.717) is 18.4 Å². The van der Waals surface area contributed by atoms with Crippen molar-refractivity contribution in [3.63, 3.8) is 0 Å². The van der Waals surface area contributed by atoms with Crippen LogP contribution in [-0.2, 0) is 6.54 Å². The van der Waals surface area contributed by atoms with Crippen LogP contribution in [-0.4, -0.2) is 10.9 Å². The Hall–Kier alpha value is -2.88. The smallest absolute Gasteiger partial charge is 0.193 e. The topological polar surface area (TPSA) is 63.3 Å². The zero-order valence-corrected chi connectivity index (χ0v) is 14.7. The van der Waals surface area contributed by atoms with Crippen LogP contribution in [0.4, 0.5) is 5.69 Å². The van der Waals surface area contributed by atoms with Gasteiger partial charge in [0.15, 0.2) is 5.96 Å². The summed E-state index contributed by atoms with van der Waals surface area (Å²) in [6, 6.07) is 18.5. The Morgan fingerprint density at radius 2 is 1.88 bits per heavy atom. The Bertz CT molecular complexity index is 863. The van der Waals surface area contributed by atoms with E-state index in [-0.39, 0.29) is 0 Å². The molecule has 0 aliphatic carbocycles. The van der Waals surface area contributed by atoms with E-state index in [1.165, 1.54) is 5.56 Å². The summed E-state index contributed by atoms with van der Waals surface area (Å²) in [6.07, 6.45) is 2.94. The molecule has 1 heterocycles. The van der Waals surface area contributed by atoms with E-state index >= 15 is 0 Å². The van der Waals surface area contributed by atoms with Crippen LogP contribution in [0.2, 0.25) is 0 Å². The first-order chi connectivity index (χ1) is 12.2. The van der Waals surface area contributed by atoms with Crippen molar-refractivity contribution in [3.8, 4) is 0 Å². The first kappa shape index (κ1) is 17.0. The first-order valence-corrected chi connectivity index (χ1v) is 8.67. The molecule has 0 saturated heterocycles. The van der Waals surface area contributed by atoms with Crippen LogP contribution in [0.15, 0.2) is 65.8 Å². The van der Waals surface area contributed by atoms with Crippen LogP contribution in [0, 0.1) is 0 Å². The summed E-state index contributed by atoms with van der Waals surface area (Å²) in [4.78, 5) is 8.87. The molecule has 4 nitrogen and oxygen atoms in total. The maximum atomic E-state index is 6.03. The molecule has 1 aromatic heterocycles. The summed E-state index contributed by atoms with van der Waals surface area (Å²) in [5, 5.41) is 5.42. The number of fused-ring (bicyclic) bond motifs is 1. The van der Waals surface area contributed by atoms with Gasteiger partial charge in [-0.05, 0) is 41.5 Å². The van der Waals surface area contributed by atoms with Gasteiger partial charge in [-0.15, -0.1) is 0 Å². The maximum absolute atomic E-state index is 6.03. The average molecular weight is 332 g/mol. The molecule has 0 amide bonds. The van der Waals surface area contributed by atoms with Crippen molar-refractivity contribution in [2.45, 2.75) is 32.7 Å². The molecule has 2 aromatic carbocycles. The van der Waals surface area contributed by atoms with Gasteiger partial charge in [0.2, 0.25) is 0 Å². The molecule has 1 atom stereocenters. The number of rotatable bonds is 5. The predicted octanol–water partition coefficient (Wildman–Crippen LogP) is 4.68. The molecule has 128 valence electrons. The molecule has 4 heteroatoms. The van der Waals surface area contributed by atoms with Gasteiger partial charge in [0, 0.05) is 17.3 Å². The van der Waals surface area contributed by atoms with Gasteiger partial charge in [0.1, 0.15) is 0 Å². The SMILES string of the molecule is CCC(C)c1ccc(NC(N)=NCc2nccc3ccccc23)cc1. The van der Waals surface area contributed by atoms with E-state index in [1.807, 2.05) is 36.5 Å². The third kappa shape index (κ3) is 4.15. The van der Waals surface area contributed by atoms with E-state index in [2.05, 4.69) is 53.4 Å². The van der Waals surface area contributed by atoms with Crippen LogP contribution in [0.1, 0.15) is 37.4 Å². The number of hydrogen-bond donors (Lipinski definition) is 2. The number of nitrogens with zero attached hydrogens (tertiary/aromatic N) is 2. The molecule has 0 aliphatic heterocycles. The molecule has 1 unspecified atom stereocenters. The van der Waals surface area contributed by atoms with Crippen LogP contribution >= 0.6 is 0 Å². The molecule has 0 fully saturated rings. The molecular weight excluding hydrogens is 308 g/mol.